The quantitative estimate of drug-likeness (QED) is 0.307. The van der Waals surface area contributed by atoms with Crippen LogP contribution in [0, 0.1) is 0 Å². The average molecular weight is 614 g/mol. The molecule has 3 aromatic rings. The van der Waals surface area contributed by atoms with Crippen molar-refractivity contribution < 1.29 is 27.5 Å². The van der Waals surface area contributed by atoms with Crippen LogP contribution in [0.2, 0.25) is 5.02 Å². The highest BCUT2D eigenvalue weighted by Crippen LogP contribution is 2.32. The van der Waals surface area contributed by atoms with Crippen molar-refractivity contribution in [2.24, 2.45) is 0 Å². The molecule has 0 aliphatic heterocycles. The van der Waals surface area contributed by atoms with E-state index in [2.05, 4.69) is 5.32 Å². The zero-order chi connectivity index (χ0) is 30.3. The minimum Gasteiger partial charge on any atom is -0.497 e. The lowest BCUT2D eigenvalue weighted by atomic mass is 10.1. The molecule has 1 aliphatic carbocycles. The van der Waals surface area contributed by atoms with Gasteiger partial charge in [0.05, 0.1) is 29.8 Å². The van der Waals surface area contributed by atoms with Crippen LogP contribution in [0.3, 0.4) is 0 Å². The Hall–Kier alpha value is -3.76. The van der Waals surface area contributed by atoms with Crippen LogP contribution in [-0.4, -0.2) is 58.0 Å². The highest BCUT2D eigenvalue weighted by Gasteiger charge is 2.33. The van der Waals surface area contributed by atoms with Crippen molar-refractivity contribution in [1.29, 1.82) is 0 Å². The Balaban J connectivity index is 1.71. The van der Waals surface area contributed by atoms with Crippen molar-refractivity contribution in [3.63, 3.8) is 0 Å². The molecule has 3 aromatic carbocycles. The normalized spacial score (nSPS) is 14.2. The van der Waals surface area contributed by atoms with E-state index in [9.17, 15) is 18.0 Å². The smallest absolute Gasteiger partial charge is 0.264 e. The summed E-state index contributed by atoms with van der Waals surface area (Å²) in [6.45, 7) is 1.16. The van der Waals surface area contributed by atoms with Crippen molar-refractivity contribution in [3.8, 4) is 11.5 Å². The molecule has 0 heterocycles. The van der Waals surface area contributed by atoms with Gasteiger partial charge in [-0.2, -0.15) is 0 Å². The van der Waals surface area contributed by atoms with Crippen LogP contribution in [0.15, 0.2) is 77.7 Å². The van der Waals surface area contributed by atoms with E-state index in [1.165, 1.54) is 36.3 Å². The van der Waals surface area contributed by atoms with Crippen LogP contribution in [0.5, 0.6) is 11.5 Å². The van der Waals surface area contributed by atoms with Gasteiger partial charge in [-0.25, -0.2) is 8.42 Å². The number of benzene rings is 3. The second-order valence-electron chi connectivity index (χ2n) is 10.2. The predicted molar refractivity (Wildman–Crippen MR) is 162 cm³/mol. The van der Waals surface area contributed by atoms with Crippen LogP contribution in [0.25, 0.3) is 0 Å². The number of halogens is 1. The maximum absolute atomic E-state index is 14.1. The lowest BCUT2D eigenvalue weighted by Gasteiger charge is -2.32. The lowest BCUT2D eigenvalue weighted by Crippen LogP contribution is -2.52. The summed E-state index contributed by atoms with van der Waals surface area (Å²) in [6, 6.07) is 18.7. The minimum atomic E-state index is -4.20. The third-order valence-corrected chi connectivity index (χ3v) is 9.47. The van der Waals surface area contributed by atoms with E-state index in [0.717, 1.165) is 35.6 Å². The van der Waals surface area contributed by atoms with Gasteiger partial charge in [-0.3, -0.25) is 13.9 Å². The van der Waals surface area contributed by atoms with E-state index in [1.54, 1.807) is 56.5 Å². The topological polar surface area (TPSA) is 105 Å². The van der Waals surface area contributed by atoms with E-state index >= 15 is 0 Å². The number of anilines is 1. The highest BCUT2D eigenvalue weighted by atomic mass is 35.5. The SMILES string of the molecule is COc1cccc(CN(C(=O)CN(c2ccc(OC)c(Cl)c2)S(=O)(=O)c2ccccc2)[C@H](C)C(=O)NC2CCCC2)c1. The van der Waals surface area contributed by atoms with Crippen LogP contribution >= 0.6 is 11.6 Å². The first-order valence-electron chi connectivity index (χ1n) is 13.8. The van der Waals surface area contributed by atoms with E-state index in [-0.39, 0.29) is 34.1 Å². The van der Waals surface area contributed by atoms with Crippen LogP contribution < -0.4 is 19.1 Å². The molecule has 1 aliphatic rings. The van der Waals surface area contributed by atoms with Gasteiger partial charge in [0.25, 0.3) is 10.0 Å². The molecular weight excluding hydrogens is 578 g/mol. The van der Waals surface area contributed by atoms with Crippen molar-refractivity contribution >= 4 is 39.1 Å². The van der Waals surface area contributed by atoms with Gasteiger partial charge < -0.3 is 19.7 Å². The Morgan fingerprint density at radius 3 is 2.33 bits per heavy atom. The molecule has 0 radical (unpaired) electrons. The summed E-state index contributed by atoms with van der Waals surface area (Å²) in [5, 5.41) is 3.25. The zero-order valence-corrected chi connectivity index (χ0v) is 25.5. The van der Waals surface area contributed by atoms with Gasteiger partial charge in [-0.15, -0.1) is 0 Å². The Morgan fingerprint density at radius 2 is 1.69 bits per heavy atom. The monoisotopic (exact) mass is 613 g/mol. The van der Waals surface area contributed by atoms with E-state index < -0.39 is 28.5 Å². The Morgan fingerprint density at radius 1 is 0.976 bits per heavy atom. The van der Waals surface area contributed by atoms with Crippen molar-refractivity contribution in [2.75, 3.05) is 25.1 Å². The molecule has 0 saturated heterocycles. The number of amides is 2. The van der Waals surface area contributed by atoms with Gasteiger partial charge in [0, 0.05) is 12.6 Å². The summed E-state index contributed by atoms with van der Waals surface area (Å²) in [5.74, 6) is 0.117. The van der Waals surface area contributed by atoms with Crippen molar-refractivity contribution in [3.05, 3.63) is 83.4 Å². The first-order valence-corrected chi connectivity index (χ1v) is 15.6. The van der Waals surface area contributed by atoms with Crippen LogP contribution in [0.4, 0.5) is 5.69 Å². The molecule has 224 valence electrons. The number of carbonyl (C=O) groups excluding carboxylic acids is 2. The summed E-state index contributed by atoms with van der Waals surface area (Å²) in [5.41, 5.74) is 0.913. The molecule has 1 N–H and O–H groups in total. The van der Waals surface area contributed by atoms with E-state index in [4.69, 9.17) is 21.1 Å². The van der Waals surface area contributed by atoms with Crippen LogP contribution in [-0.2, 0) is 26.2 Å². The molecule has 0 spiro atoms. The maximum atomic E-state index is 14.1. The highest BCUT2D eigenvalue weighted by molar-refractivity contribution is 7.92. The molecule has 9 nitrogen and oxygen atoms in total. The maximum Gasteiger partial charge on any atom is 0.264 e. The fraction of sp³-hybridized carbons (Fsp3) is 0.355. The molecule has 11 heteroatoms. The molecule has 2 amide bonds. The number of methoxy groups -OCH3 is 2. The second-order valence-corrected chi connectivity index (χ2v) is 12.5. The summed E-state index contributed by atoms with van der Waals surface area (Å²) >= 11 is 6.37. The molecule has 1 atom stereocenters. The lowest BCUT2D eigenvalue weighted by molar-refractivity contribution is -0.139. The number of nitrogens with one attached hydrogen (secondary N) is 1. The number of nitrogens with zero attached hydrogens (tertiary/aromatic N) is 2. The minimum absolute atomic E-state index is 0.0103. The predicted octanol–water partition coefficient (Wildman–Crippen LogP) is 5.03. The number of ether oxygens (including phenoxy) is 2. The zero-order valence-electron chi connectivity index (χ0n) is 24.0. The molecule has 1 saturated carbocycles. The number of rotatable bonds is 12. The summed E-state index contributed by atoms with van der Waals surface area (Å²) in [7, 11) is -1.20. The summed E-state index contributed by atoms with van der Waals surface area (Å²) in [4.78, 5) is 28.9. The fourth-order valence-electron chi connectivity index (χ4n) is 5.00. The largest absolute Gasteiger partial charge is 0.497 e. The van der Waals surface area contributed by atoms with Gasteiger partial charge in [-0.05, 0) is 67.8 Å². The van der Waals surface area contributed by atoms with E-state index in [1.807, 2.05) is 6.07 Å². The standard InChI is InChI=1S/C31H36ClN3O6S/c1-22(31(37)33-24-11-7-8-12-24)34(20-23-10-9-13-26(18-23)40-2)30(36)21-35(25-16-17-29(41-3)28(32)19-25)42(38,39)27-14-5-4-6-15-27/h4-6,9-10,13-19,22,24H,7-8,11-12,20-21H2,1-3H3,(H,33,37)/t22-/m1/s1. The molecule has 42 heavy (non-hydrogen) atoms. The van der Waals surface area contributed by atoms with E-state index in [0.29, 0.717) is 11.5 Å². The second kappa shape index (κ2) is 13.9. The molecular formula is C31H36ClN3O6S. The van der Waals surface area contributed by atoms with Gasteiger partial charge >= 0.3 is 0 Å². The molecule has 4 rings (SSSR count). The summed E-state index contributed by atoms with van der Waals surface area (Å²) < 4.78 is 39.4. The fourth-order valence-corrected chi connectivity index (χ4v) is 6.68. The van der Waals surface area contributed by atoms with Gasteiger partial charge in [0.2, 0.25) is 11.8 Å². The Bertz CT molecular complexity index is 1500. The average Bonchev–Trinajstić information content (AvgIpc) is 3.51. The summed E-state index contributed by atoms with van der Waals surface area (Å²) in [6.07, 6.45) is 3.87. The van der Waals surface area contributed by atoms with Crippen molar-refractivity contribution in [2.45, 2.75) is 56.1 Å². The van der Waals surface area contributed by atoms with Crippen LogP contribution in [0.1, 0.15) is 38.2 Å². The number of carbonyl (C=O) groups is 2. The molecule has 1 fully saturated rings. The molecule has 0 bridgehead atoms. The third-order valence-electron chi connectivity index (χ3n) is 7.39. The number of hydrogen-bond donors (Lipinski definition) is 1. The first kappa shape index (κ1) is 31.2. The van der Waals surface area contributed by atoms with Crippen molar-refractivity contribution in [1.82, 2.24) is 10.2 Å². The van der Waals surface area contributed by atoms with Gasteiger partial charge in [0.15, 0.2) is 0 Å². The number of hydrogen-bond acceptors (Lipinski definition) is 6. The third kappa shape index (κ3) is 7.35. The van der Waals surface area contributed by atoms with Gasteiger partial charge in [0.1, 0.15) is 24.1 Å². The van der Waals surface area contributed by atoms with Gasteiger partial charge in [-0.1, -0.05) is 54.8 Å². The first-order chi connectivity index (χ1) is 20.1. The number of sulfonamides is 1. The molecule has 0 unspecified atom stereocenters. The Kier molecular flexibility index (Phi) is 10.3. The molecule has 0 aromatic heterocycles. The Labute approximate surface area is 252 Å².